The highest BCUT2D eigenvalue weighted by molar-refractivity contribution is 8.11. The number of hydrogen-bond donors (Lipinski definition) is 2. The van der Waals surface area contributed by atoms with Gasteiger partial charge in [-0.2, -0.15) is 0 Å². The van der Waals surface area contributed by atoms with E-state index in [1.54, 1.807) is 6.08 Å². The van der Waals surface area contributed by atoms with Gasteiger partial charge in [-0.3, -0.25) is 0 Å². The van der Waals surface area contributed by atoms with Gasteiger partial charge in [0.15, 0.2) is 0 Å². The van der Waals surface area contributed by atoms with Gasteiger partial charge in [0.05, 0.1) is 6.54 Å². The van der Waals surface area contributed by atoms with Gasteiger partial charge in [-0.15, -0.1) is 12.6 Å². The molecule has 3 nitrogen and oxygen atoms in total. The SMILES string of the molecule is O=C=NCCCCCCCCCCCCCCCCCCNC(=S)S. The van der Waals surface area contributed by atoms with E-state index in [0.717, 1.165) is 13.0 Å². The van der Waals surface area contributed by atoms with Crippen molar-refractivity contribution in [3.63, 3.8) is 0 Å². The summed E-state index contributed by atoms with van der Waals surface area (Å²) in [6.07, 6.45) is 22.9. The van der Waals surface area contributed by atoms with Gasteiger partial charge >= 0.3 is 0 Å². The molecule has 0 saturated carbocycles. The smallest absolute Gasteiger partial charge is 0.234 e. The van der Waals surface area contributed by atoms with Crippen LogP contribution in [0.25, 0.3) is 0 Å². The Morgan fingerprint density at radius 2 is 1.08 bits per heavy atom. The maximum absolute atomic E-state index is 9.91. The van der Waals surface area contributed by atoms with Crippen molar-refractivity contribution >= 4 is 35.2 Å². The number of isocyanates is 1. The first-order chi connectivity index (χ1) is 12.3. The maximum Gasteiger partial charge on any atom is 0.234 e. The van der Waals surface area contributed by atoms with Crippen LogP contribution < -0.4 is 5.32 Å². The van der Waals surface area contributed by atoms with Crippen molar-refractivity contribution in [2.75, 3.05) is 13.1 Å². The number of aliphatic imine (C=N–C) groups is 1. The second kappa shape index (κ2) is 21.7. The van der Waals surface area contributed by atoms with Crippen molar-refractivity contribution in [1.82, 2.24) is 5.32 Å². The molecule has 146 valence electrons. The Balaban J connectivity index is 3.00. The number of carbonyl (C=O) groups excluding carboxylic acids is 1. The van der Waals surface area contributed by atoms with Gasteiger partial charge in [0.2, 0.25) is 6.08 Å². The molecule has 0 aromatic rings. The lowest BCUT2D eigenvalue weighted by atomic mass is 10.0. The second-order valence-corrected chi connectivity index (χ2v) is 8.02. The highest BCUT2D eigenvalue weighted by Crippen LogP contribution is 2.13. The molecule has 0 radical (unpaired) electrons. The third-order valence-corrected chi connectivity index (χ3v) is 4.84. The Bertz CT molecular complexity index is 327. The van der Waals surface area contributed by atoms with E-state index in [0.29, 0.717) is 10.9 Å². The van der Waals surface area contributed by atoms with Gasteiger partial charge in [-0.1, -0.05) is 102 Å². The van der Waals surface area contributed by atoms with Gasteiger partial charge in [0.1, 0.15) is 4.32 Å². The van der Waals surface area contributed by atoms with E-state index >= 15 is 0 Å². The monoisotopic (exact) mass is 386 g/mol. The lowest BCUT2D eigenvalue weighted by Crippen LogP contribution is -2.17. The molecule has 0 aliphatic heterocycles. The average molecular weight is 387 g/mol. The van der Waals surface area contributed by atoms with E-state index in [4.69, 9.17) is 12.2 Å². The molecule has 0 fully saturated rings. The Morgan fingerprint density at radius 3 is 1.44 bits per heavy atom. The predicted octanol–water partition coefficient (Wildman–Crippen LogP) is 6.37. The van der Waals surface area contributed by atoms with Crippen LogP contribution in [0.2, 0.25) is 0 Å². The first-order valence-corrected chi connectivity index (χ1v) is 11.1. The number of nitrogens with one attached hydrogen (secondary N) is 1. The fourth-order valence-corrected chi connectivity index (χ4v) is 3.25. The third-order valence-electron chi connectivity index (χ3n) is 4.54. The van der Waals surface area contributed by atoms with E-state index in [-0.39, 0.29) is 0 Å². The largest absolute Gasteiger partial charge is 0.371 e. The molecule has 0 saturated heterocycles. The molecule has 0 rings (SSSR count). The number of rotatable bonds is 19. The van der Waals surface area contributed by atoms with Gasteiger partial charge in [0.25, 0.3) is 0 Å². The quantitative estimate of drug-likeness (QED) is 0.0891. The Morgan fingerprint density at radius 1 is 0.720 bits per heavy atom. The van der Waals surface area contributed by atoms with Crippen molar-refractivity contribution in [3.8, 4) is 0 Å². The van der Waals surface area contributed by atoms with E-state index in [1.807, 2.05) is 0 Å². The van der Waals surface area contributed by atoms with Crippen LogP contribution in [-0.2, 0) is 4.79 Å². The third kappa shape index (κ3) is 23.6. The number of nitrogens with zero attached hydrogens (tertiary/aromatic N) is 1. The number of unbranched alkanes of at least 4 members (excludes halogenated alkanes) is 15. The van der Waals surface area contributed by atoms with Crippen LogP contribution in [0.3, 0.4) is 0 Å². The molecule has 0 unspecified atom stereocenters. The minimum Gasteiger partial charge on any atom is -0.371 e. The summed E-state index contributed by atoms with van der Waals surface area (Å²) in [5, 5.41) is 3.08. The highest BCUT2D eigenvalue weighted by Gasteiger charge is 1.95. The van der Waals surface area contributed by atoms with Gasteiger partial charge in [-0.25, -0.2) is 9.79 Å². The summed E-state index contributed by atoms with van der Waals surface area (Å²) >= 11 is 8.90. The maximum atomic E-state index is 9.91. The summed E-state index contributed by atoms with van der Waals surface area (Å²) in [5.41, 5.74) is 0. The Labute approximate surface area is 166 Å². The Hall–Kier alpha value is -0.380. The second-order valence-electron chi connectivity index (χ2n) is 6.86. The molecular weight excluding hydrogens is 348 g/mol. The fraction of sp³-hybridized carbons (Fsp3) is 0.900. The van der Waals surface area contributed by atoms with Crippen LogP contribution >= 0.6 is 24.8 Å². The summed E-state index contributed by atoms with van der Waals surface area (Å²) < 4.78 is 0.612. The average Bonchev–Trinajstić information content (AvgIpc) is 2.60. The summed E-state index contributed by atoms with van der Waals surface area (Å²) in [6, 6.07) is 0. The zero-order valence-corrected chi connectivity index (χ0v) is 17.6. The van der Waals surface area contributed by atoms with Gasteiger partial charge in [-0.05, 0) is 12.8 Å². The fourth-order valence-electron chi connectivity index (χ4n) is 3.03. The lowest BCUT2D eigenvalue weighted by molar-refractivity contribution is 0.527. The summed E-state index contributed by atoms with van der Waals surface area (Å²) in [7, 11) is 0. The lowest BCUT2D eigenvalue weighted by Gasteiger charge is -2.04. The number of hydrogen-bond acceptors (Lipinski definition) is 3. The minimum atomic E-state index is 0.612. The van der Waals surface area contributed by atoms with E-state index < -0.39 is 0 Å². The van der Waals surface area contributed by atoms with Crippen LogP contribution in [0.5, 0.6) is 0 Å². The normalized spacial score (nSPS) is 10.4. The summed E-state index contributed by atoms with van der Waals surface area (Å²) in [5.74, 6) is 0. The van der Waals surface area contributed by atoms with Crippen LogP contribution in [0.1, 0.15) is 103 Å². The zero-order valence-electron chi connectivity index (χ0n) is 15.9. The van der Waals surface area contributed by atoms with E-state index in [1.165, 1.54) is 96.3 Å². The molecule has 0 aromatic carbocycles. The molecule has 0 aliphatic carbocycles. The molecular formula is C20H38N2OS2. The number of thiocarbonyl (C=S) groups is 1. The predicted molar refractivity (Wildman–Crippen MR) is 116 cm³/mol. The molecule has 1 N–H and O–H groups in total. The summed E-state index contributed by atoms with van der Waals surface area (Å²) in [4.78, 5) is 13.5. The van der Waals surface area contributed by atoms with Crippen molar-refractivity contribution < 1.29 is 4.79 Å². The van der Waals surface area contributed by atoms with Crippen LogP contribution in [0.15, 0.2) is 4.99 Å². The molecule has 0 atom stereocenters. The van der Waals surface area contributed by atoms with Crippen molar-refractivity contribution in [3.05, 3.63) is 0 Å². The van der Waals surface area contributed by atoms with E-state index in [2.05, 4.69) is 22.9 Å². The molecule has 0 heterocycles. The summed E-state index contributed by atoms with van der Waals surface area (Å²) in [6.45, 7) is 1.63. The molecule has 0 spiro atoms. The van der Waals surface area contributed by atoms with Crippen LogP contribution in [0.4, 0.5) is 0 Å². The van der Waals surface area contributed by atoms with Crippen molar-refractivity contribution in [2.24, 2.45) is 4.99 Å². The Kier molecular flexibility index (Phi) is 21.3. The first-order valence-electron chi connectivity index (χ1n) is 10.3. The number of thiol groups is 1. The topological polar surface area (TPSA) is 41.5 Å². The van der Waals surface area contributed by atoms with Crippen molar-refractivity contribution in [2.45, 2.75) is 103 Å². The first kappa shape index (κ1) is 24.6. The minimum absolute atomic E-state index is 0.612. The van der Waals surface area contributed by atoms with Crippen LogP contribution in [0, 0.1) is 0 Å². The van der Waals surface area contributed by atoms with Gasteiger partial charge in [0, 0.05) is 6.54 Å². The molecule has 5 heteroatoms. The zero-order chi connectivity index (χ0) is 18.4. The molecule has 0 aromatic heterocycles. The highest BCUT2D eigenvalue weighted by atomic mass is 32.1. The molecule has 25 heavy (non-hydrogen) atoms. The molecule has 0 aliphatic rings. The molecule has 0 bridgehead atoms. The standard InChI is InChI=1S/C20H38N2OS2/c23-19-21-17-15-13-11-9-7-5-3-1-2-4-6-8-10-12-14-16-18-22-20(24)25/h1-18H2,(H2,22,24,25). The van der Waals surface area contributed by atoms with Crippen LogP contribution in [-0.4, -0.2) is 23.5 Å². The van der Waals surface area contributed by atoms with Gasteiger partial charge < -0.3 is 5.32 Å². The van der Waals surface area contributed by atoms with Crippen molar-refractivity contribution in [1.29, 1.82) is 0 Å². The van der Waals surface area contributed by atoms with E-state index in [9.17, 15) is 4.79 Å². The molecule has 0 amide bonds.